The fourth-order valence-electron chi connectivity index (χ4n) is 5.60. The van der Waals surface area contributed by atoms with Crippen LogP contribution in [0.15, 0.2) is 83.3 Å². The molecule has 0 radical (unpaired) electrons. The van der Waals surface area contributed by atoms with E-state index >= 15 is 0 Å². The van der Waals surface area contributed by atoms with E-state index in [1.807, 2.05) is 26.0 Å². The predicted octanol–water partition coefficient (Wildman–Crippen LogP) is 7.86. The summed E-state index contributed by atoms with van der Waals surface area (Å²) in [5, 5.41) is 11.0. The summed E-state index contributed by atoms with van der Waals surface area (Å²) < 4.78 is 45.7. The average Bonchev–Trinajstić information content (AvgIpc) is 2.93. The van der Waals surface area contributed by atoms with E-state index in [1.54, 1.807) is 29.2 Å². The normalized spacial score (nSPS) is 17.4. The first-order valence-corrected chi connectivity index (χ1v) is 13.5. The maximum absolute atomic E-state index is 13.5. The van der Waals surface area contributed by atoms with Crippen molar-refractivity contribution in [2.24, 2.45) is 5.73 Å². The monoisotopic (exact) mass is 577 g/mol. The van der Waals surface area contributed by atoms with Crippen molar-refractivity contribution in [3.63, 3.8) is 0 Å². The van der Waals surface area contributed by atoms with Crippen LogP contribution in [0.1, 0.15) is 53.0 Å². The molecule has 1 unspecified atom stereocenters. The highest BCUT2D eigenvalue weighted by Crippen LogP contribution is 2.47. The zero-order valence-corrected chi connectivity index (χ0v) is 23.2. The molecule has 3 aromatic carbocycles. The van der Waals surface area contributed by atoms with Gasteiger partial charge in [-0.15, -0.1) is 0 Å². The Morgan fingerprint density at radius 2 is 1.76 bits per heavy atom. The number of benzene rings is 3. The average molecular weight is 578 g/mol. The molecule has 0 aromatic heterocycles. The molecular formula is C32H27ClF3N3O2. The van der Waals surface area contributed by atoms with Crippen LogP contribution in [0.3, 0.4) is 0 Å². The van der Waals surface area contributed by atoms with Crippen LogP contribution in [-0.4, -0.2) is 5.78 Å². The molecule has 41 heavy (non-hydrogen) atoms. The van der Waals surface area contributed by atoms with E-state index in [1.165, 1.54) is 12.1 Å². The Hall–Kier alpha value is -4.22. The van der Waals surface area contributed by atoms with Crippen molar-refractivity contribution in [2.45, 2.75) is 51.8 Å². The summed E-state index contributed by atoms with van der Waals surface area (Å²) in [4.78, 5) is 15.1. The van der Waals surface area contributed by atoms with Gasteiger partial charge in [0.25, 0.3) is 0 Å². The van der Waals surface area contributed by atoms with Gasteiger partial charge in [-0.2, -0.15) is 18.4 Å². The fraction of sp³-hybridized carbons (Fsp3) is 0.250. The molecule has 5 rings (SSSR count). The molecule has 0 saturated carbocycles. The molecule has 5 nitrogen and oxygen atoms in total. The molecule has 0 bridgehead atoms. The maximum atomic E-state index is 13.5. The van der Waals surface area contributed by atoms with Crippen LogP contribution in [0.2, 0.25) is 5.02 Å². The highest BCUT2D eigenvalue weighted by molar-refractivity contribution is 6.30. The zero-order chi connectivity index (χ0) is 29.5. The molecule has 0 amide bonds. The van der Waals surface area contributed by atoms with Crippen LogP contribution in [0.4, 0.5) is 18.9 Å². The number of alkyl halides is 3. The summed E-state index contributed by atoms with van der Waals surface area (Å²) in [7, 11) is 0. The van der Waals surface area contributed by atoms with E-state index in [0.717, 1.165) is 34.4 Å². The SMILES string of the molecule is Cc1cc(COc2ccc(Cl)cc2)c(C)c(C2C(C#N)=C(N)N(c3ccc(C(F)(F)F)cc3)C3=C2C(=O)CCC3)c1. The number of aryl methyl sites for hydroxylation is 1. The second-order valence-corrected chi connectivity index (χ2v) is 10.7. The van der Waals surface area contributed by atoms with Crippen molar-refractivity contribution in [3.8, 4) is 11.8 Å². The smallest absolute Gasteiger partial charge is 0.416 e. The Kier molecular flexibility index (Phi) is 7.58. The number of anilines is 1. The number of nitrogens with zero attached hydrogens (tertiary/aromatic N) is 2. The summed E-state index contributed by atoms with van der Waals surface area (Å²) in [6, 6.07) is 17.8. The lowest BCUT2D eigenvalue weighted by molar-refractivity contribution is -0.137. The molecule has 2 aliphatic rings. The van der Waals surface area contributed by atoms with Crippen molar-refractivity contribution in [1.29, 1.82) is 5.26 Å². The number of rotatable bonds is 5. The summed E-state index contributed by atoms with van der Waals surface area (Å²) in [6.45, 7) is 4.12. The Labute approximate surface area is 241 Å². The number of nitrogens with two attached hydrogens (primary N) is 1. The summed E-state index contributed by atoms with van der Waals surface area (Å²) in [5.41, 5.74) is 10.9. The Morgan fingerprint density at radius 1 is 1.07 bits per heavy atom. The van der Waals surface area contributed by atoms with Gasteiger partial charge in [-0.3, -0.25) is 9.69 Å². The number of ether oxygens (including phenoxy) is 1. The van der Waals surface area contributed by atoms with Gasteiger partial charge in [-0.1, -0.05) is 29.3 Å². The minimum atomic E-state index is -4.49. The second-order valence-electron chi connectivity index (χ2n) is 10.2. The number of allylic oxidation sites excluding steroid dienone is 3. The van der Waals surface area contributed by atoms with Gasteiger partial charge >= 0.3 is 6.18 Å². The molecule has 2 N–H and O–H groups in total. The molecule has 0 spiro atoms. The van der Waals surface area contributed by atoms with Crippen LogP contribution in [0.25, 0.3) is 0 Å². The summed E-state index contributed by atoms with van der Waals surface area (Å²) in [6.07, 6.45) is -3.11. The molecule has 1 aliphatic carbocycles. The molecule has 3 aromatic rings. The largest absolute Gasteiger partial charge is 0.489 e. The third-order valence-electron chi connectivity index (χ3n) is 7.58. The molecule has 210 valence electrons. The quantitative estimate of drug-likeness (QED) is 0.334. The number of carbonyl (C=O) groups is 1. The molecule has 0 fully saturated rings. The van der Waals surface area contributed by atoms with Gasteiger partial charge in [-0.05, 0) is 91.9 Å². The van der Waals surface area contributed by atoms with Crippen LogP contribution in [0, 0.1) is 25.2 Å². The lowest BCUT2D eigenvalue weighted by Crippen LogP contribution is -2.39. The van der Waals surface area contributed by atoms with E-state index in [-0.39, 0.29) is 23.8 Å². The van der Waals surface area contributed by atoms with E-state index in [2.05, 4.69) is 6.07 Å². The minimum Gasteiger partial charge on any atom is -0.489 e. The predicted molar refractivity (Wildman–Crippen MR) is 151 cm³/mol. The van der Waals surface area contributed by atoms with Crippen molar-refractivity contribution < 1.29 is 22.7 Å². The highest BCUT2D eigenvalue weighted by atomic mass is 35.5. The van der Waals surface area contributed by atoms with Crippen LogP contribution >= 0.6 is 11.6 Å². The van der Waals surface area contributed by atoms with Gasteiger partial charge in [0.2, 0.25) is 0 Å². The van der Waals surface area contributed by atoms with E-state index in [9.17, 15) is 23.2 Å². The second kappa shape index (κ2) is 11.0. The molecular weight excluding hydrogens is 551 g/mol. The van der Waals surface area contributed by atoms with E-state index < -0.39 is 17.7 Å². The lowest BCUT2D eigenvalue weighted by atomic mass is 9.73. The Bertz CT molecular complexity index is 1620. The number of Topliss-reactive ketones (excluding diaryl/α,β-unsaturated/α-hetero) is 1. The van der Waals surface area contributed by atoms with Crippen molar-refractivity contribution >= 4 is 23.1 Å². The molecule has 9 heteroatoms. The van der Waals surface area contributed by atoms with Crippen LogP contribution in [-0.2, 0) is 17.6 Å². The van der Waals surface area contributed by atoms with Crippen LogP contribution in [0.5, 0.6) is 5.75 Å². The first kappa shape index (κ1) is 28.3. The summed E-state index contributed by atoms with van der Waals surface area (Å²) in [5.74, 6) is -0.0578. The zero-order valence-electron chi connectivity index (χ0n) is 22.5. The van der Waals surface area contributed by atoms with Gasteiger partial charge in [0, 0.05) is 28.4 Å². The van der Waals surface area contributed by atoms with Gasteiger partial charge in [-0.25, -0.2) is 0 Å². The van der Waals surface area contributed by atoms with Crippen molar-refractivity contribution in [3.05, 3.63) is 116 Å². The lowest BCUT2D eigenvalue weighted by Gasteiger charge is -2.40. The molecule has 1 aliphatic heterocycles. The third kappa shape index (κ3) is 5.42. The topological polar surface area (TPSA) is 79.3 Å². The number of hydrogen-bond acceptors (Lipinski definition) is 5. The number of halogens is 4. The number of ketones is 1. The third-order valence-corrected chi connectivity index (χ3v) is 7.84. The van der Waals surface area contributed by atoms with Crippen LogP contribution < -0.4 is 15.4 Å². The van der Waals surface area contributed by atoms with Crippen molar-refractivity contribution in [2.75, 3.05) is 4.90 Å². The number of carbonyl (C=O) groups excluding carboxylic acids is 1. The standard InChI is InChI=1S/C32H27ClF3N3O2/c1-18-14-20(17-41-24-12-8-22(33)9-13-24)19(2)25(15-18)29-26(16-37)31(38)39(27-4-3-5-28(40)30(27)29)23-10-6-21(7-11-23)32(34,35)36/h6-15,29H,3-5,17,38H2,1-2H3. The molecule has 1 atom stereocenters. The van der Waals surface area contributed by atoms with Crippen molar-refractivity contribution in [1.82, 2.24) is 0 Å². The van der Waals surface area contributed by atoms with E-state index in [4.69, 9.17) is 22.1 Å². The number of nitriles is 1. The highest BCUT2D eigenvalue weighted by Gasteiger charge is 2.41. The Morgan fingerprint density at radius 3 is 2.39 bits per heavy atom. The minimum absolute atomic E-state index is 0.102. The summed E-state index contributed by atoms with van der Waals surface area (Å²) >= 11 is 5.99. The number of hydrogen-bond donors (Lipinski definition) is 1. The van der Waals surface area contributed by atoms with Gasteiger partial charge in [0.15, 0.2) is 5.78 Å². The first-order chi connectivity index (χ1) is 19.5. The van der Waals surface area contributed by atoms with Gasteiger partial charge in [0.05, 0.1) is 23.1 Å². The Balaban J connectivity index is 1.61. The maximum Gasteiger partial charge on any atom is 0.416 e. The van der Waals surface area contributed by atoms with Gasteiger partial charge in [0.1, 0.15) is 18.2 Å². The first-order valence-electron chi connectivity index (χ1n) is 13.1. The molecule has 0 saturated heterocycles. The fourth-order valence-corrected chi connectivity index (χ4v) is 5.72. The van der Waals surface area contributed by atoms with E-state index in [0.29, 0.717) is 47.0 Å². The van der Waals surface area contributed by atoms with Gasteiger partial charge < -0.3 is 10.5 Å². The molecule has 1 heterocycles.